The Hall–Kier alpha value is -2.14. The lowest BCUT2D eigenvalue weighted by Crippen LogP contribution is -2.53. The van der Waals surface area contributed by atoms with Gasteiger partial charge in [-0.05, 0) is 80.1 Å². The Morgan fingerprint density at radius 1 is 1.33 bits per heavy atom. The largest absolute Gasteiger partial charge is 0.457 e. The lowest BCUT2D eigenvalue weighted by molar-refractivity contribution is -0.113. The number of ether oxygens (including phenoxy) is 1. The molecule has 4 aliphatic carbocycles. The molecule has 3 fully saturated rings. The van der Waals surface area contributed by atoms with Crippen LogP contribution in [0, 0.1) is 34.5 Å². The molecular weight excluding hydrogens is 380 g/mol. The fraction of sp³-hybridized carbons (Fsp3) is 0.600. The maximum absolute atomic E-state index is 12.6. The molecule has 4 aliphatic rings. The monoisotopic (exact) mass is 410 g/mol. The number of esters is 1. The van der Waals surface area contributed by atoms with Crippen LogP contribution in [0.2, 0.25) is 0 Å². The average molecular weight is 411 g/mol. The molecule has 5 nitrogen and oxygen atoms in total. The number of hydrogen-bond acceptors (Lipinski definition) is 5. The van der Waals surface area contributed by atoms with Gasteiger partial charge in [0.1, 0.15) is 6.10 Å². The first-order valence-corrected chi connectivity index (χ1v) is 11.2. The third kappa shape index (κ3) is 2.71. The Morgan fingerprint density at radius 2 is 2.17 bits per heavy atom. The maximum Gasteiger partial charge on any atom is 0.374 e. The Bertz CT molecular complexity index is 912. The zero-order chi connectivity index (χ0) is 21.1. The molecule has 30 heavy (non-hydrogen) atoms. The Balaban J connectivity index is 1.45. The van der Waals surface area contributed by atoms with Crippen LogP contribution in [0.5, 0.6) is 0 Å². The topological polar surface area (TPSA) is 76.7 Å². The van der Waals surface area contributed by atoms with Crippen molar-refractivity contribution in [3.8, 4) is 0 Å². The Morgan fingerprint density at radius 3 is 2.90 bits per heavy atom. The highest BCUT2D eigenvalue weighted by molar-refractivity contribution is 6.01. The lowest BCUT2D eigenvalue weighted by Gasteiger charge is -2.57. The number of carbonyl (C=O) groups is 2. The second-order valence-corrected chi connectivity index (χ2v) is 10.0. The van der Waals surface area contributed by atoms with Gasteiger partial charge in [0.05, 0.1) is 12.9 Å². The smallest absolute Gasteiger partial charge is 0.374 e. The number of hydrogen-bond donors (Lipinski definition) is 1. The minimum atomic E-state index is -0.443. The van der Waals surface area contributed by atoms with Crippen molar-refractivity contribution in [2.45, 2.75) is 52.1 Å². The molecule has 5 heteroatoms. The van der Waals surface area contributed by atoms with Gasteiger partial charge in [-0.3, -0.25) is 4.79 Å². The van der Waals surface area contributed by atoms with E-state index in [1.807, 2.05) is 6.08 Å². The molecule has 1 N–H and O–H groups in total. The van der Waals surface area contributed by atoms with Gasteiger partial charge in [0.25, 0.3) is 0 Å². The van der Waals surface area contributed by atoms with E-state index in [0.29, 0.717) is 17.8 Å². The predicted octanol–water partition coefficient (Wildman–Crippen LogP) is 4.33. The molecule has 1 aromatic rings. The first-order valence-electron chi connectivity index (χ1n) is 11.2. The molecular formula is C25H30O5. The summed E-state index contributed by atoms with van der Waals surface area (Å²) < 4.78 is 11.2. The number of furan rings is 1. The maximum atomic E-state index is 12.6. The number of aliphatic hydroxyl groups excluding tert-OH is 1. The van der Waals surface area contributed by atoms with Gasteiger partial charge in [-0.1, -0.05) is 25.5 Å². The van der Waals surface area contributed by atoms with Crippen molar-refractivity contribution >= 4 is 11.8 Å². The highest BCUT2D eigenvalue weighted by atomic mass is 16.6. The first kappa shape index (κ1) is 19.8. The highest BCUT2D eigenvalue weighted by Gasteiger charge is 2.63. The molecule has 7 atom stereocenters. The molecule has 0 saturated heterocycles. The highest BCUT2D eigenvalue weighted by Crippen LogP contribution is 2.65. The summed E-state index contributed by atoms with van der Waals surface area (Å²) >= 11 is 0. The van der Waals surface area contributed by atoms with Crippen LogP contribution >= 0.6 is 0 Å². The molecule has 0 aromatic carbocycles. The van der Waals surface area contributed by atoms with Crippen molar-refractivity contribution in [2.24, 2.45) is 34.5 Å². The second kappa shape index (κ2) is 6.94. The van der Waals surface area contributed by atoms with Crippen molar-refractivity contribution < 1.29 is 23.8 Å². The van der Waals surface area contributed by atoms with Crippen LogP contribution in [0.3, 0.4) is 0 Å². The van der Waals surface area contributed by atoms with E-state index in [0.717, 1.165) is 32.1 Å². The minimum Gasteiger partial charge on any atom is -0.457 e. The van der Waals surface area contributed by atoms with Gasteiger partial charge in [0.15, 0.2) is 5.78 Å². The molecule has 2 unspecified atom stereocenters. The Kier molecular flexibility index (Phi) is 4.58. The fourth-order valence-electron chi connectivity index (χ4n) is 7.38. The molecule has 0 radical (unpaired) electrons. The molecule has 1 aromatic heterocycles. The molecule has 0 amide bonds. The van der Waals surface area contributed by atoms with Crippen molar-refractivity contribution in [3.63, 3.8) is 0 Å². The van der Waals surface area contributed by atoms with Crippen molar-refractivity contribution in [1.82, 2.24) is 0 Å². The molecule has 160 valence electrons. The van der Waals surface area contributed by atoms with Crippen LogP contribution in [-0.4, -0.2) is 29.6 Å². The standard InChI is InChI=1S/C25H30O5/c1-15-12-20-18-6-5-16-13-17(27)7-9-24(16,2)19(18)8-10-25(20,14-26)22(15)30-23(28)21-4-3-11-29-21/h3-4,7,9,11,13,15,18-20,22,26H,5-6,8,10,12,14H2,1-2H3/t15?,18-,19+,20+,22?,24+,25-/m1/s1. The second-order valence-electron chi connectivity index (χ2n) is 10.0. The predicted molar refractivity (Wildman–Crippen MR) is 110 cm³/mol. The summed E-state index contributed by atoms with van der Waals surface area (Å²) in [5, 5.41) is 10.6. The SMILES string of the molecule is CC1C[C@H]2[C@@H]3CCC4=CC(=O)C=C[C@]4(C)[C@H]3CC[C@]2(CO)C1OC(=O)c1ccco1. The van der Waals surface area contributed by atoms with Gasteiger partial charge in [-0.15, -0.1) is 0 Å². The van der Waals surface area contributed by atoms with Gasteiger partial charge in [0, 0.05) is 10.8 Å². The molecule has 3 saturated carbocycles. The van der Waals surface area contributed by atoms with E-state index in [2.05, 4.69) is 19.9 Å². The summed E-state index contributed by atoms with van der Waals surface area (Å²) in [4.78, 5) is 24.6. The number of rotatable bonds is 3. The quantitative estimate of drug-likeness (QED) is 0.751. The summed E-state index contributed by atoms with van der Waals surface area (Å²) in [5.74, 6) is 1.29. The van der Waals surface area contributed by atoms with Crippen molar-refractivity contribution in [1.29, 1.82) is 0 Å². The number of ketones is 1. The summed E-state index contributed by atoms with van der Waals surface area (Å²) in [6.45, 7) is 4.45. The first-order chi connectivity index (χ1) is 14.4. The zero-order valence-electron chi connectivity index (χ0n) is 17.7. The van der Waals surface area contributed by atoms with Crippen LogP contribution in [0.1, 0.15) is 56.5 Å². The molecule has 0 bridgehead atoms. The van der Waals surface area contributed by atoms with E-state index in [9.17, 15) is 14.7 Å². The van der Waals surface area contributed by atoms with E-state index in [1.54, 1.807) is 18.2 Å². The Labute approximate surface area is 177 Å². The van der Waals surface area contributed by atoms with E-state index in [1.165, 1.54) is 11.8 Å². The number of allylic oxidation sites excluding steroid dienone is 4. The molecule has 5 rings (SSSR count). The van der Waals surface area contributed by atoms with Gasteiger partial charge in [-0.25, -0.2) is 4.79 Å². The third-order valence-corrected chi connectivity index (χ3v) is 8.77. The molecule has 1 heterocycles. The molecule has 0 aliphatic heterocycles. The van der Waals surface area contributed by atoms with Crippen LogP contribution < -0.4 is 0 Å². The zero-order valence-corrected chi connectivity index (χ0v) is 17.7. The average Bonchev–Trinajstić information content (AvgIpc) is 3.36. The van der Waals surface area contributed by atoms with E-state index in [-0.39, 0.29) is 35.6 Å². The van der Waals surface area contributed by atoms with Gasteiger partial charge in [-0.2, -0.15) is 0 Å². The number of carbonyl (C=O) groups excluding carboxylic acids is 2. The molecule has 0 spiro atoms. The number of aliphatic hydroxyl groups is 1. The number of fused-ring (bicyclic) bond motifs is 5. The summed E-state index contributed by atoms with van der Waals surface area (Å²) in [6.07, 6.45) is 11.6. The summed E-state index contributed by atoms with van der Waals surface area (Å²) in [6, 6.07) is 3.30. The van der Waals surface area contributed by atoms with Crippen LogP contribution in [-0.2, 0) is 9.53 Å². The summed E-state index contributed by atoms with van der Waals surface area (Å²) in [7, 11) is 0. The van der Waals surface area contributed by atoms with Crippen LogP contribution in [0.15, 0.2) is 46.6 Å². The summed E-state index contributed by atoms with van der Waals surface area (Å²) in [5.41, 5.74) is 0.791. The van der Waals surface area contributed by atoms with Crippen molar-refractivity contribution in [3.05, 3.63) is 48.0 Å². The van der Waals surface area contributed by atoms with Gasteiger partial charge >= 0.3 is 5.97 Å². The van der Waals surface area contributed by atoms with E-state index < -0.39 is 11.4 Å². The minimum absolute atomic E-state index is 0.0368. The van der Waals surface area contributed by atoms with E-state index in [4.69, 9.17) is 9.15 Å². The van der Waals surface area contributed by atoms with Crippen molar-refractivity contribution in [2.75, 3.05) is 6.61 Å². The van der Waals surface area contributed by atoms with Gasteiger partial charge < -0.3 is 14.3 Å². The van der Waals surface area contributed by atoms with Crippen LogP contribution in [0.25, 0.3) is 0 Å². The third-order valence-electron chi connectivity index (χ3n) is 8.77. The normalized spacial score (nSPS) is 42.2. The lowest BCUT2D eigenvalue weighted by atomic mass is 9.48. The van der Waals surface area contributed by atoms with E-state index >= 15 is 0 Å². The van der Waals surface area contributed by atoms with Crippen LogP contribution in [0.4, 0.5) is 0 Å². The fourth-order valence-corrected chi connectivity index (χ4v) is 7.38. The van der Waals surface area contributed by atoms with Gasteiger partial charge in [0.2, 0.25) is 5.76 Å².